The molecule has 2 N–H and O–H groups in total. The first kappa shape index (κ1) is 13.4. The minimum atomic E-state index is -0.290. The van der Waals surface area contributed by atoms with Crippen LogP contribution in [-0.4, -0.2) is 26.4 Å². The minimum Gasteiger partial charge on any atom is -0.325 e. The van der Waals surface area contributed by atoms with Crippen molar-refractivity contribution in [3.8, 4) is 0 Å². The number of anilines is 1. The number of rotatable bonds is 4. The summed E-state index contributed by atoms with van der Waals surface area (Å²) in [5.41, 5.74) is 1.60. The molecule has 1 aromatic heterocycles. The Hall–Kier alpha value is -2.02. The van der Waals surface area contributed by atoms with Crippen LogP contribution in [0.15, 0.2) is 34.2 Å². The van der Waals surface area contributed by atoms with E-state index in [-0.39, 0.29) is 17.3 Å². The van der Waals surface area contributed by atoms with Crippen molar-refractivity contribution in [2.45, 2.75) is 12.1 Å². The van der Waals surface area contributed by atoms with Crippen molar-refractivity contribution in [3.05, 3.63) is 40.3 Å². The average Bonchev–Trinajstić information content (AvgIpc) is 2.70. The van der Waals surface area contributed by atoms with E-state index in [0.717, 1.165) is 11.3 Å². The molecule has 1 heterocycles. The van der Waals surface area contributed by atoms with Crippen LogP contribution in [0, 0.1) is 6.92 Å². The second-order valence-electron chi connectivity index (χ2n) is 4.07. The fraction of sp³-hybridized carbons (Fsp3) is 0.250. The van der Waals surface area contributed by atoms with E-state index < -0.39 is 0 Å². The van der Waals surface area contributed by atoms with Gasteiger partial charge in [-0.15, -0.1) is 5.10 Å². The van der Waals surface area contributed by atoms with E-state index in [0.29, 0.717) is 5.16 Å². The summed E-state index contributed by atoms with van der Waals surface area (Å²) >= 11 is 1.21. The van der Waals surface area contributed by atoms with Gasteiger partial charge in [0.25, 0.3) is 0 Å². The third-order valence-electron chi connectivity index (χ3n) is 2.51. The van der Waals surface area contributed by atoms with Gasteiger partial charge in [-0.05, 0) is 19.1 Å². The molecule has 0 radical (unpaired) electrons. The Kier molecular flexibility index (Phi) is 4.06. The fourth-order valence-electron chi connectivity index (χ4n) is 1.43. The first-order valence-corrected chi connectivity index (χ1v) is 6.65. The fourth-order valence-corrected chi connectivity index (χ4v) is 2.14. The van der Waals surface area contributed by atoms with Crippen LogP contribution >= 0.6 is 11.8 Å². The highest BCUT2D eigenvalue weighted by molar-refractivity contribution is 7.99. The zero-order valence-corrected chi connectivity index (χ0v) is 11.5. The molecule has 19 heavy (non-hydrogen) atoms. The number of carbonyl (C=O) groups is 1. The van der Waals surface area contributed by atoms with E-state index in [1.165, 1.54) is 16.3 Å². The van der Waals surface area contributed by atoms with Gasteiger partial charge in [0, 0.05) is 12.7 Å². The third kappa shape index (κ3) is 3.47. The molecule has 0 saturated carbocycles. The minimum absolute atomic E-state index is 0.135. The molecule has 1 amide bonds. The number of nitrogens with one attached hydrogen (secondary N) is 2. The standard InChI is InChI=1S/C12H14N4O2S/c1-8-3-5-9(6-4-8)13-10(17)7-19-12-15-14-11(18)16(12)2/h3-6H,7H2,1-2H3,(H,13,17)(H,14,18). The summed E-state index contributed by atoms with van der Waals surface area (Å²) in [6.07, 6.45) is 0. The number of benzene rings is 1. The number of aryl methyl sites for hydroxylation is 1. The Morgan fingerprint density at radius 1 is 1.42 bits per heavy atom. The van der Waals surface area contributed by atoms with E-state index in [1.807, 2.05) is 31.2 Å². The maximum Gasteiger partial charge on any atom is 0.343 e. The molecule has 0 aliphatic heterocycles. The number of aromatic nitrogens is 3. The van der Waals surface area contributed by atoms with Crippen molar-refractivity contribution in [3.63, 3.8) is 0 Å². The first-order chi connectivity index (χ1) is 9.06. The van der Waals surface area contributed by atoms with E-state index >= 15 is 0 Å². The molecule has 0 aliphatic carbocycles. The summed E-state index contributed by atoms with van der Waals surface area (Å²) in [4.78, 5) is 22.9. The van der Waals surface area contributed by atoms with Gasteiger partial charge in [-0.25, -0.2) is 9.89 Å². The molecule has 100 valence electrons. The summed E-state index contributed by atoms with van der Waals surface area (Å²) in [5, 5.41) is 9.41. The van der Waals surface area contributed by atoms with Gasteiger partial charge >= 0.3 is 5.69 Å². The molecule has 6 nitrogen and oxygen atoms in total. The monoisotopic (exact) mass is 278 g/mol. The van der Waals surface area contributed by atoms with Crippen molar-refractivity contribution >= 4 is 23.4 Å². The van der Waals surface area contributed by atoms with Crippen molar-refractivity contribution in [1.82, 2.24) is 14.8 Å². The largest absolute Gasteiger partial charge is 0.343 e. The second kappa shape index (κ2) is 5.75. The molecule has 7 heteroatoms. The van der Waals surface area contributed by atoms with Crippen LogP contribution < -0.4 is 11.0 Å². The van der Waals surface area contributed by atoms with Gasteiger partial charge in [-0.2, -0.15) is 0 Å². The number of thioether (sulfide) groups is 1. The smallest absolute Gasteiger partial charge is 0.325 e. The number of aromatic amines is 1. The normalized spacial score (nSPS) is 10.4. The SMILES string of the molecule is Cc1ccc(NC(=O)CSc2n[nH]c(=O)n2C)cc1. The molecule has 0 spiro atoms. The topological polar surface area (TPSA) is 79.8 Å². The predicted molar refractivity (Wildman–Crippen MR) is 74.4 cm³/mol. The first-order valence-electron chi connectivity index (χ1n) is 5.67. The Morgan fingerprint density at radius 2 is 2.11 bits per heavy atom. The molecule has 0 bridgehead atoms. The quantitative estimate of drug-likeness (QED) is 0.822. The Balaban J connectivity index is 1.90. The van der Waals surface area contributed by atoms with Crippen molar-refractivity contribution in [2.24, 2.45) is 7.05 Å². The molecule has 0 atom stereocenters. The van der Waals surface area contributed by atoms with Crippen molar-refractivity contribution in [1.29, 1.82) is 0 Å². The lowest BCUT2D eigenvalue weighted by atomic mass is 10.2. The van der Waals surface area contributed by atoms with Crippen LogP contribution in [0.4, 0.5) is 5.69 Å². The number of carbonyl (C=O) groups excluding carboxylic acids is 1. The highest BCUT2D eigenvalue weighted by Crippen LogP contribution is 2.13. The van der Waals surface area contributed by atoms with Crippen molar-refractivity contribution in [2.75, 3.05) is 11.1 Å². The van der Waals surface area contributed by atoms with E-state index in [2.05, 4.69) is 15.5 Å². The molecule has 2 rings (SSSR count). The van der Waals surface area contributed by atoms with Crippen LogP contribution in [-0.2, 0) is 11.8 Å². The number of H-pyrrole nitrogens is 1. The molecular formula is C12H14N4O2S. The maximum atomic E-state index is 11.7. The van der Waals surface area contributed by atoms with Gasteiger partial charge in [0.1, 0.15) is 0 Å². The van der Waals surface area contributed by atoms with Crippen molar-refractivity contribution < 1.29 is 4.79 Å². The molecule has 0 saturated heterocycles. The summed E-state index contributed by atoms with van der Waals surface area (Å²) in [5.74, 6) is 0.0655. The summed E-state index contributed by atoms with van der Waals surface area (Å²) < 4.78 is 1.36. The molecule has 1 aromatic carbocycles. The van der Waals surface area contributed by atoms with Crippen LogP contribution in [0.3, 0.4) is 0 Å². The maximum absolute atomic E-state index is 11.7. The average molecular weight is 278 g/mol. The number of hydrogen-bond acceptors (Lipinski definition) is 4. The van der Waals surface area contributed by atoms with Gasteiger partial charge in [0.15, 0.2) is 5.16 Å². The van der Waals surface area contributed by atoms with Crippen LogP contribution in [0.25, 0.3) is 0 Å². The van der Waals surface area contributed by atoms with E-state index in [4.69, 9.17) is 0 Å². The highest BCUT2D eigenvalue weighted by Gasteiger charge is 2.08. The third-order valence-corrected chi connectivity index (χ3v) is 3.54. The number of nitrogens with zero attached hydrogens (tertiary/aromatic N) is 2. The summed E-state index contributed by atoms with van der Waals surface area (Å²) in [7, 11) is 1.60. The molecule has 0 unspecified atom stereocenters. The summed E-state index contributed by atoms with van der Waals surface area (Å²) in [6.45, 7) is 1.99. The molecule has 0 aliphatic rings. The Bertz CT molecular complexity index is 630. The highest BCUT2D eigenvalue weighted by atomic mass is 32.2. The number of hydrogen-bond donors (Lipinski definition) is 2. The predicted octanol–water partition coefficient (Wildman–Crippen LogP) is 1.15. The summed E-state index contributed by atoms with van der Waals surface area (Å²) in [6, 6.07) is 7.56. The second-order valence-corrected chi connectivity index (χ2v) is 5.02. The van der Waals surface area contributed by atoms with Crippen LogP contribution in [0.5, 0.6) is 0 Å². The van der Waals surface area contributed by atoms with E-state index in [9.17, 15) is 9.59 Å². The molecular weight excluding hydrogens is 264 g/mol. The van der Waals surface area contributed by atoms with Gasteiger partial charge in [0.2, 0.25) is 5.91 Å². The lowest BCUT2D eigenvalue weighted by molar-refractivity contribution is -0.113. The lowest BCUT2D eigenvalue weighted by Gasteiger charge is -2.04. The zero-order valence-electron chi connectivity index (χ0n) is 10.6. The molecule has 2 aromatic rings. The van der Waals surface area contributed by atoms with Gasteiger partial charge in [-0.1, -0.05) is 29.5 Å². The molecule has 0 fully saturated rings. The Labute approximate surface area is 114 Å². The van der Waals surface area contributed by atoms with E-state index in [1.54, 1.807) is 7.05 Å². The lowest BCUT2D eigenvalue weighted by Crippen LogP contribution is -2.16. The van der Waals surface area contributed by atoms with Crippen LogP contribution in [0.1, 0.15) is 5.56 Å². The number of amides is 1. The van der Waals surface area contributed by atoms with Gasteiger partial charge in [0.05, 0.1) is 5.75 Å². The van der Waals surface area contributed by atoms with Gasteiger partial charge < -0.3 is 5.32 Å². The Morgan fingerprint density at radius 3 is 2.68 bits per heavy atom. The van der Waals surface area contributed by atoms with Crippen LogP contribution in [0.2, 0.25) is 0 Å². The van der Waals surface area contributed by atoms with Gasteiger partial charge in [-0.3, -0.25) is 9.36 Å². The zero-order chi connectivity index (χ0) is 13.8.